The van der Waals surface area contributed by atoms with Gasteiger partial charge < -0.3 is 9.72 Å². The van der Waals surface area contributed by atoms with Gasteiger partial charge in [0.25, 0.3) is 0 Å². The second kappa shape index (κ2) is 4.71. The molecule has 0 radical (unpaired) electrons. The molecule has 1 fully saturated rings. The van der Waals surface area contributed by atoms with Crippen LogP contribution in [0.25, 0.3) is 5.65 Å². The smallest absolute Gasteiger partial charge is 0.139 e. The number of rotatable bonds is 2. The molecule has 96 valence electrons. The lowest BCUT2D eigenvalue weighted by Gasteiger charge is -2.33. The van der Waals surface area contributed by atoms with Gasteiger partial charge in [0.2, 0.25) is 0 Å². The topological polar surface area (TPSA) is 32.6 Å². The monoisotopic (exact) mass is 244 g/mol. The van der Waals surface area contributed by atoms with Crippen LogP contribution in [0.5, 0.6) is 0 Å². The van der Waals surface area contributed by atoms with Gasteiger partial charge in [-0.1, -0.05) is 6.07 Å². The van der Waals surface area contributed by atoms with Crippen molar-refractivity contribution in [2.75, 3.05) is 19.6 Å². The average molecular weight is 244 g/mol. The first-order valence-corrected chi connectivity index (χ1v) is 6.62. The van der Waals surface area contributed by atoms with Crippen LogP contribution in [0.1, 0.15) is 18.2 Å². The van der Waals surface area contributed by atoms with Gasteiger partial charge in [-0.25, -0.2) is 4.98 Å². The molecule has 2 aromatic heterocycles. The third kappa shape index (κ3) is 2.13. The van der Waals surface area contributed by atoms with Crippen molar-refractivity contribution in [3.05, 3.63) is 35.8 Å². The van der Waals surface area contributed by atoms with Gasteiger partial charge in [-0.2, -0.15) is 0 Å². The molecule has 3 heterocycles. The van der Waals surface area contributed by atoms with Crippen molar-refractivity contribution in [2.24, 2.45) is 0 Å². The quantitative estimate of drug-likeness (QED) is 0.867. The van der Waals surface area contributed by atoms with Crippen molar-refractivity contribution in [2.45, 2.75) is 26.4 Å². The predicted molar refractivity (Wildman–Crippen MR) is 72.7 cm³/mol. The number of nitrogens with zero attached hydrogens (tertiary/aromatic N) is 3. The highest BCUT2D eigenvalue weighted by molar-refractivity contribution is 5.47. The van der Waals surface area contributed by atoms with Crippen molar-refractivity contribution in [1.29, 1.82) is 0 Å². The van der Waals surface area contributed by atoms with Crippen LogP contribution in [0.3, 0.4) is 0 Å². The number of aromatic nitrogens is 2. The number of nitrogens with one attached hydrogen (secondary N) is 1. The van der Waals surface area contributed by atoms with Crippen LogP contribution in [0.15, 0.2) is 24.5 Å². The van der Waals surface area contributed by atoms with E-state index in [9.17, 15) is 0 Å². The predicted octanol–water partition coefficient (Wildman–Crippen LogP) is 1.44. The Morgan fingerprint density at radius 1 is 1.50 bits per heavy atom. The van der Waals surface area contributed by atoms with Gasteiger partial charge in [0.1, 0.15) is 5.65 Å². The molecule has 1 saturated heterocycles. The summed E-state index contributed by atoms with van der Waals surface area (Å²) < 4.78 is 2.12. The minimum Gasteiger partial charge on any atom is -0.314 e. The van der Waals surface area contributed by atoms with Crippen LogP contribution in [-0.4, -0.2) is 40.0 Å². The molecule has 1 N–H and O–H groups in total. The number of hydrogen-bond acceptors (Lipinski definition) is 3. The summed E-state index contributed by atoms with van der Waals surface area (Å²) in [6.07, 6.45) is 4.22. The number of pyridine rings is 1. The molecule has 3 rings (SSSR count). The lowest BCUT2D eigenvalue weighted by atomic mass is 10.2. The summed E-state index contributed by atoms with van der Waals surface area (Å²) in [6.45, 7) is 8.59. The standard InChI is InChI=1S/C14H20N4/c1-11-4-3-6-18-10-13(16-14(11)18)9-17-7-5-15-8-12(17)2/h3-4,6,10,12,15H,5,7-9H2,1-2H3/t12-/m1/s1. The van der Waals surface area contributed by atoms with E-state index in [0.29, 0.717) is 6.04 Å². The number of piperazine rings is 1. The third-order valence-corrected chi connectivity index (χ3v) is 3.73. The van der Waals surface area contributed by atoms with Gasteiger partial charge in [-0.15, -0.1) is 0 Å². The summed E-state index contributed by atoms with van der Waals surface area (Å²) in [5, 5.41) is 3.42. The van der Waals surface area contributed by atoms with Crippen LogP contribution in [0, 0.1) is 6.92 Å². The summed E-state index contributed by atoms with van der Waals surface area (Å²) in [4.78, 5) is 7.24. The minimum absolute atomic E-state index is 0.588. The minimum atomic E-state index is 0.588. The van der Waals surface area contributed by atoms with Gasteiger partial charge in [0.05, 0.1) is 5.69 Å². The molecular formula is C14H20N4. The fourth-order valence-corrected chi connectivity index (χ4v) is 2.61. The zero-order chi connectivity index (χ0) is 12.5. The van der Waals surface area contributed by atoms with E-state index in [0.717, 1.165) is 37.5 Å². The van der Waals surface area contributed by atoms with Gasteiger partial charge in [0.15, 0.2) is 0 Å². The van der Waals surface area contributed by atoms with E-state index in [1.165, 1.54) is 5.56 Å². The zero-order valence-electron chi connectivity index (χ0n) is 11.1. The maximum atomic E-state index is 4.74. The highest BCUT2D eigenvalue weighted by atomic mass is 15.2. The second-order valence-corrected chi connectivity index (χ2v) is 5.18. The molecular weight excluding hydrogens is 224 g/mol. The molecule has 0 amide bonds. The first kappa shape index (κ1) is 11.7. The molecule has 1 aliphatic heterocycles. The third-order valence-electron chi connectivity index (χ3n) is 3.73. The Hall–Kier alpha value is -1.39. The van der Waals surface area contributed by atoms with Gasteiger partial charge in [0, 0.05) is 44.6 Å². The van der Waals surface area contributed by atoms with Crippen LogP contribution in [0.2, 0.25) is 0 Å². The molecule has 4 heteroatoms. The van der Waals surface area contributed by atoms with E-state index in [1.807, 2.05) is 0 Å². The first-order valence-electron chi connectivity index (χ1n) is 6.62. The highest BCUT2D eigenvalue weighted by Gasteiger charge is 2.18. The maximum Gasteiger partial charge on any atom is 0.139 e. The van der Waals surface area contributed by atoms with Gasteiger partial charge in [-0.3, -0.25) is 4.90 Å². The van der Waals surface area contributed by atoms with Crippen LogP contribution in [0.4, 0.5) is 0 Å². The van der Waals surface area contributed by atoms with Gasteiger partial charge in [-0.05, 0) is 25.5 Å². The van der Waals surface area contributed by atoms with Crippen molar-refractivity contribution in [3.63, 3.8) is 0 Å². The molecule has 18 heavy (non-hydrogen) atoms. The van der Waals surface area contributed by atoms with E-state index >= 15 is 0 Å². The van der Waals surface area contributed by atoms with E-state index < -0.39 is 0 Å². The number of aryl methyl sites for hydroxylation is 1. The van der Waals surface area contributed by atoms with Crippen LogP contribution >= 0.6 is 0 Å². The van der Waals surface area contributed by atoms with E-state index in [1.54, 1.807) is 0 Å². The molecule has 0 spiro atoms. The zero-order valence-corrected chi connectivity index (χ0v) is 11.1. The SMILES string of the molecule is Cc1cccn2cc(CN3CCNC[C@H]3C)nc12. The highest BCUT2D eigenvalue weighted by Crippen LogP contribution is 2.13. The van der Waals surface area contributed by atoms with E-state index in [4.69, 9.17) is 4.98 Å². The Labute approximate surface area is 108 Å². The Kier molecular flexibility index (Phi) is 3.06. The van der Waals surface area contributed by atoms with Crippen molar-refractivity contribution in [3.8, 4) is 0 Å². The van der Waals surface area contributed by atoms with Crippen molar-refractivity contribution >= 4 is 5.65 Å². The number of hydrogen-bond donors (Lipinski definition) is 1. The average Bonchev–Trinajstić information content (AvgIpc) is 2.76. The van der Waals surface area contributed by atoms with Gasteiger partial charge >= 0.3 is 0 Å². The van der Waals surface area contributed by atoms with Crippen LogP contribution < -0.4 is 5.32 Å². The molecule has 0 bridgehead atoms. The molecule has 0 unspecified atom stereocenters. The fraction of sp³-hybridized carbons (Fsp3) is 0.500. The summed E-state index contributed by atoms with van der Waals surface area (Å²) in [6, 6.07) is 4.77. The fourth-order valence-electron chi connectivity index (χ4n) is 2.61. The molecule has 0 aliphatic carbocycles. The van der Waals surface area contributed by atoms with E-state index in [-0.39, 0.29) is 0 Å². The Bertz CT molecular complexity index is 546. The number of fused-ring (bicyclic) bond motifs is 1. The Morgan fingerprint density at radius 3 is 3.17 bits per heavy atom. The number of imidazole rings is 1. The molecule has 0 aromatic carbocycles. The largest absolute Gasteiger partial charge is 0.314 e. The molecule has 4 nitrogen and oxygen atoms in total. The summed E-state index contributed by atoms with van der Waals surface area (Å²) >= 11 is 0. The maximum absolute atomic E-state index is 4.74. The molecule has 1 aliphatic rings. The lowest BCUT2D eigenvalue weighted by Crippen LogP contribution is -2.49. The first-order chi connectivity index (χ1) is 8.74. The summed E-state index contributed by atoms with van der Waals surface area (Å²) in [7, 11) is 0. The summed E-state index contributed by atoms with van der Waals surface area (Å²) in [5.41, 5.74) is 3.48. The molecule has 2 aromatic rings. The Morgan fingerprint density at radius 2 is 2.39 bits per heavy atom. The summed E-state index contributed by atoms with van der Waals surface area (Å²) in [5.74, 6) is 0. The van der Waals surface area contributed by atoms with Crippen molar-refractivity contribution < 1.29 is 0 Å². The lowest BCUT2D eigenvalue weighted by molar-refractivity contribution is 0.164. The molecule has 0 saturated carbocycles. The normalized spacial score (nSPS) is 21.6. The second-order valence-electron chi connectivity index (χ2n) is 5.18. The molecule has 1 atom stereocenters. The van der Waals surface area contributed by atoms with Crippen LogP contribution in [-0.2, 0) is 6.54 Å². The Balaban J connectivity index is 1.84. The van der Waals surface area contributed by atoms with Crippen molar-refractivity contribution in [1.82, 2.24) is 19.6 Å². The van der Waals surface area contributed by atoms with E-state index in [2.05, 4.69) is 53.0 Å².